The number of fused-ring (bicyclic) bond motifs is 1. The number of anilines is 1. The van der Waals surface area contributed by atoms with Crippen LogP contribution in [0.5, 0.6) is 0 Å². The van der Waals surface area contributed by atoms with Gasteiger partial charge in [-0.25, -0.2) is 0 Å². The smallest absolute Gasteiger partial charge is 0.237 e. The molecule has 1 aliphatic rings. The van der Waals surface area contributed by atoms with Gasteiger partial charge in [-0.05, 0) is 30.7 Å². The minimum Gasteiger partial charge on any atom is -0.325 e. The average molecular weight is 250 g/mol. The minimum absolute atomic E-state index is 0.0166. The number of carbonyl (C=O) groups excluding carboxylic acids is 1. The number of nitrogens with one attached hydrogen (secondary N) is 1. The molecule has 3 rings (SSSR count). The summed E-state index contributed by atoms with van der Waals surface area (Å²) in [6.45, 7) is 2.04. The highest BCUT2D eigenvalue weighted by atomic mass is 16.2. The summed E-state index contributed by atoms with van der Waals surface area (Å²) >= 11 is 0. The third-order valence-corrected chi connectivity index (χ3v) is 3.24. The number of hydrogen-bond donors (Lipinski definition) is 1. The maximum Gasteiger partial charge on any atom is 0.237 e. The number of nitrogens with zero attached hydrogens (tertiary/aromatic N) is 1. The second-order valence-electron chi connectivity index (χ2n) is 4.67. The van der Waals surface area contributed by atoms with Crippen molar-refractivity contribution in [3.63, 3.8) is 0 Å². The van der Waals surface area contributed by atoms with Gasteiger partial charge in [0.1, 0.15) is 5.92 Å². The first-order valence-electron chi connectivity index (χ1n) is 6.25. The summed E-state index contributed by atoms with van der Waals surface area (Å²) in [5.41, 5.74) is 3.93. The molecule has 0 saturated carbocycles. The van der Waals surface area contributed by atoms with Crippen LogP contribution >= 0.6 is 0 Å². The topological polar surface area (TPSA) is 41.5 Å². The van der Waals surface area contributed by atoms with Crippen LogP contribution in [0.4, 0.5) is 11.4 Å². The summed E-state index contributed by atoms with van der Waals surface area (Å²) in [4.78, 5) is 16.3. The van der Waals surface area contributed by atoms with Crippen molar-refractivity contribution in [2.24, 2.45) is 4.99 Å². The molecular weight excluding hydrogens is 236 g/mol. The molecule has 1 unspecified atom stereocenters. The van der Waals surface area contributed by atoms with E-state index < -0.39 is 0 Å². The number of aliphatic imine (C=N–C) groups is 1. The zero-order valence-corrected chi connectivity index (χ0v) is 10.6. The van der Waals surface area contributed by atoms with E-state index in [1.54, 1.807) is 6.21 Å². The highest BCUT2D eigenvalue weighted by Crippen LogP contribution is 2.31. The van der Waals surface area contributed by atoms with Gasteiger partial charge in [-0.15, -0.1) is 0 Å². The van der Waals surface area contributed by atoms with Gasteiger partial charge in [-0.1, -0.05) is 35.9 Å². The van der Waals surface area contributed by atoms with Crippen LogP contribution in [-0.2, 0) is 4.79 Å². The van der Waals surface area contributed by atoms with Crippen molar-refractivity contribution in [2.45, 2.75) is 12.8 Å². The number of aryl methyl sites for hydroxylation is 1. The van der Waals surface area contributed by atoms with E-state index in [0.29, 0.717) is 0 Å². The van der Waals surface area contributed by atoms with E-state index in [2.05, 4.69) is 10.3 Å². The number of benzene rings is 2. The fraction of sp³-hybridized carbons (Fsp3) is 0.125. The number of carbonyl (C=O) groups is 1. The maximum absolute atomic E-state index is 11.9. The predicted octanol–water partition coefficient (Wildman–Crippen LogP) is 3.43. The normalized spacial score (nSPS) is 17.5. The van der Waals surface area contributed by atoms with Gasteiger partial charge >= 0.3 is 0 Å². The molecule has 0 aliphatic carbocycles. The summed E-state index contributed by atoms with van der Waals surface area (Å²) in [5.74, 6) is -0.311. The third kappa shape index (κ3) is 2.27. The molecule has 0 radical (unpaired) electrons. The fourth-order valence-electron chi connectivity index (χ4n) is 2.17. The Morgan fingerprint density at radius 2 is 1.84 bits per heavy atom. The molecule has 2 aromatic carbocycles. The Labute approximate surface area is 112 Å². The Morgan fingerprint density at radius 1 is 1.11 bits per heavy atom. The number of para-hydroxylation sites is 1. The van der Waals surface area contributed by atoms with Gasteiger partial charge in [0.2, 0.25) is 5.91 Å². The predicted molar refractivity (Wildman–Crippen MR) is 77.1 cm³/mol. The van der Waals surface area contributed by atoms with Crippen LogP contribution in [0.2, 0.25) is 0 Å². The van der Waals surface area contributed by atoms with E-state index in [9.17, 15) is 4.79 Å². The lowest BCUT2D eigenvalue weighted by Crippen LogP contribution is -2.12. The van der Waals surface area contributed by atoms with Gasteiger partial charge in [-0.2, -0.15) is 0 Å². The second kappa shape index (κ2) is 4.69. The Morgan fingerprint density at radius 3 is 2.63 bits per heavy atom. The summed E-state index contributed by atoms with van der Waals surface area (Å²) < 4.78 is 0. The van der Waals surface area contributed by atoms with Crippen LogP contribution in [-0.4, -0.2) is 12.1 Å². The number of amides is 1. The zero-order chi connectivity index (χ0) is 13.2. The van der Waals surface area contributed by atoms with E-state index in [1.165, 1.54) is 5.56 Å². The highest BCUT2D eigenvalue weighted by Gasteiger charge is 2.28. The lowest BCUT2D eigenvalue weighted by atomic mass is 10.0. The molecule has 1 N–H and O–H groups in total. The summed E-state index contributed by atoms with van der Waals surface area (Å²) in [7, 11) is 0. The van der Waals surface area contributed by atoms with Crippen LogP contribution in [0.25, 0.3) is 0 Å². The lowest BCUT2D eigenvalue weighted by molar-refractivity contribution is -0.115. The van der Waals surface area contributed by atoms with Crippen LogP contribution < -0.4 is 5.32 Å². The molecule has 1 atom stereocenters. The second-order valence-corrected chi connectivity index (χ2v) is 4.67. The summed E-state index contributed by atoms with van der Waals surface area (Å²) in [6.07, 6.45) is 1.71. The molecule has 2 aromatic rings. The standard InChI is InChI=1S/C16H14N2O/c1-11-6-8-12(9-7-11)17-10-14-13-4-2-3-5-15(13)18-16(14)19/h2-10,14H,1H3,(H,18,19). The molecule has 1 heterocycles. The molecule has 3 heteroatoms. The third-order valence-electron chi connectivity index (χ3n) is 3.24. The van der Waals surface area contributed by atoms with E-state index in [4.69, 9.17) is 0 Å². The molecule has 3 nitrogen and oxygen atoms in total. The molecular formula is C16H14N2O. The van der Waals surface area contributed by atoms with Crippen LogP contribution in [0.3, 0.4) is 0 Å². The van der Waals surface area contributed by atoms with Crippen molar-refractivity contribution in [3.8, 4) is 0 Å². The van der Waals surface area contributed by atoms with E-state index >= 15 is 0 Å². The Bertz CT molecular complexity index is 644. The summed E-state index contributed by atoms with van der Waals surface area (Å²) in [6, 6.07) is 15.6. The Balaban J connectivity index is 1.87. The van der Waals surface area contributed by atoms with Crippen molar-refractivity contribution in [3.05, 3.63) is 59.7 Å². The zero-order valence-electron chi connectivity index (χ0n) is 10.6. The quantitative estimate of drug-likeness (QED) is 0.815. The Hall–Kier alpha value is -2.42. The van der Waals surface area contributed by atoms with Gasteiger partial charge in [0.15, 0.2) is 0 Å². The van der Waals surface area contributed by atoms with Gasteiger partial charge in [-0.3, -0.25) is 9.79 Å². The van der Waals surface area contributed by atoms with Crippen LogP contribution in [0.15, 0.2) is 53.5 Å². The maximum atomic E-state index is 11.9. The van der Waals surface area contributed by atoms with Crippen molar-refractivity contribution in [1.82, 2.24) is 0 Å². The molecule has 1 aliphatic heterocycles. The minimum atomic E-state index is -0.294. The van der Waals surface area contributed by atoms with Gasteiger partial charge in [0, 0.05) is 11.9 Å². The average Bonchev–Trinajstić information content (AvgIpc) is 2.74. The van der Waals surface area contributed by atoms with Crippen LogP contribution in [0, 0.1) is 6.92 Å². The van der Waals surface area contributed by atoms with Gasteiger partial charge in [0.25, 0.3) is 0 Å². The number of rotatable bonds is 2. The number of hydrogen-bond acceptors (Lipinski definition) is 2. The molecule has 0 aromatic heterocycles. The molecule has 0 saturated heterocycles. The van der Waals surface area contributed by atoms with Crippen LogP contribution in [0.1, 0.15) is 17.0 Å². The first-order valence-corrected chi connectivity index (χ1v) is 6.25. The largest absolute Gasteiger partial charge is 0.325 e. The van der Waals surface area contributed by atoms with E-state index in [1.807, 2.05) is 55.5 Å². The van der Waals surface area contributed by atoms with E-state index in [0.717, 1.165) is 16.9 Å². The van der Waals surface area contributed by atoms with Gasteiger partial charge < -0.3 is 5.32 Å². The fourth-order valence-corrected chi connectivity index (χ4v) is 2.17. The first kappa shape index (κ1) is 11.7. The van der Waals surface area contributed by atoms with Gasteiger partial charge in [0.05, 0.1) is 5.69 Å². The molecule has 0 fully saturated rings. The van der Waals surface area contributed by atoms with E-state index in [-0.39, 0.29) is 11.8 Å². The molecule has 0 bridgehead atoms. The molecule has 0 spiro atoms. The van der Waals surface area contributed by atoms with Crippen molar-refractivity contribution >= 4 is 23.5 Å². The van der Waals surface area contributed by atoms with Crippen molar-refractivity contribution < 1.29 is 4.79 Å². The monoisotopic (exact) mass is 250 g/mol. The highest BCUT2D eigenvalue weighted by molar-refractivity contribution is 6.12. The first-order chi connectivity index (χ1) is 9.24. The molecule has 1 amide bonds. The Kier molecular flexibility index (Phi) is 2.88. The summed E-state index contributed by atoms with van der Waals surface area (Å²) in [5, 5.41) is 2.86. The SMILES string of the molecule is Cc1ccc(N=CC2C(=O)Nc3ccccc32)cc1. The van der Waals surface area contributed by atoms with Crippen molar-refractivity contribution in [2.75, 3.05) is 5.32 Å². The van der Waals surface area contributed by atoms with Crippen molar-refractivity contribution in [1.29, 1.82) is 0 Å². The molecule has 19 heavy (non-hydrogen) atoms. The lowest BCUT2D eigenvalue weighted by Gasteiger charge is -2.01. The molecule has 94 valence electrons.